The molecule has 1 aliphatic heterocycles. The van der Waals surface area contributed by atoms with E-state index in [0.717, 1.165) is 48.9 Å². The van der Waals surface area contributed by atoms with E-state index in [1.165, 1.54) is 5.56 Å². The third kappa shape index (κ3) is 4.42. The fourth-order valence-corrected chi connectivity index (χ4v) is 3.64. The second kappa shape index (κ2) is 7.89. The molecule has 0 bridgehead atoms. The maximum Gasteiger partial charge on any atom is 0.0983 e. The van der Waals surface area contributed by atoms with Gasteiger partial charge in [-0.05, 0) is 51.8 Å². The van der Waals surface area contributed by atoms with Crippen molar-refractivity contribution >= 4 is 24.0 Å². The predicted octanol–water partition coefficient (Wildman–Crippen LogP) is 4.55. The van der Waals surface area contributed by atoms with Crippen LogP contribution in [0.5, 0.6) is 0 Å². The van der Waals surface area contributed by atoms with Crippen LogP contribution in [0.25, 0.3) is 11.3 Å². The number of nitrogens with two attached hydrogens (primary N) is 1. The highest BCUT2D eigenvalue weighted by molar-refractivity contribution is 6.33. The highest BCUT2D eigenvalue weighted by Crippen LogP contribution is 2.34. The Morgan fingerprint density at radius 3 is 2.54 bits per heavy atom. The van der Waals surface area contributed by atoms with Gasteiger partial charge in [-0.1, -0.05) is 36.7 Å². The number of rotatable bonds is 4. The van der Waals surface area contributed by atoms with Crippen molar-refractivity contribution < 1.29 is 0 Å². The maximum absolute atomic E-state index is 6.46. The molecule has 4 nitrogen and oxygen atoms in total. The first kappa shape index (κ1) is 21.2. The van der Waals surface area contributed by atoms with Crippen molar-refractivity contribution in [3.05, 3.63) is 41.0 Å². The zero-order chi connectivity index (χ0) is 18.2. The zero-order valence-corrected chi connectivity index (χ0v) is 17.7. The topological polar surface area (TPSA) is 47.1 Å². The fourth-order valence-electron chi connectivity index (χ4n) is 3.42. The Morgan fingerprint density at radius 2 is 1.96 bits per heavy atom. The number of hydrogen-bond donors (Lipinski definition) is 1. The van der Waals surface area contributed by atoms with Gasteiger partial charge in [0.05, 0.1) is 16.3 Å². The van der Waals surface area contributed by atoms with Crippen molar-refractivity contribution in [2.45, 2.75) is 46.2 Å². The van der Waals surface area contributed by atoms with Crippen molar-refractivity contribution in [1.82, 2.24) is 14.7 Å². The second-order valence-electron chi connectivity index (χ2n) is 8.57. The molecule has 1 aromatic heterocycles. The van der Waals surface area contributed by atoms with Crippen LogP contribution in [0.15, 0.2) is 30.5 Å². The molecule has 2 aromatic rings. The summed E-state index contributed by atoms with van der Waals surface area (Å²) >= 11 is 6.46. The molecule has 1 aliphatic rings. The molecule has 2 heterocycles. The standard InChI is InChI=1S/C20H29ClN4.ClH/c1-19(2,3)25-12-15(11-24-10-9-20(4,13-22)14-24)18(23-25)16-7-5-6-8-17(16)21;/h5-8,12H,9-11,13-14,22H2,1-4H3;1H. The molecule has 0 radical (unpaired) electrons. The number of aromatic nitrogens is 2. The molecule has 144 valence electrons. The van der Waals surface area contributed by atoms with E-state index in [1.54, 1.807) is 0 Å². The quantitative estimate of drug-likeness (QED) is 0.823. The summed E-state index contributed by atoms with van der Waals surface area (Å²) in [5, 5.41) is 5.64. The van der Waals surface area contributed by atoms with Crippen molar-refractivity contribution in [2.75, 3.05) is 19.6 Å². The smallest absolute Gasteiger partial charge is 0.0983 e. The molecule has 26 heavy (non-hydrogen) atoms. The summed E-state index contributed by atoms with van der Waals surface area (Å²) in [5.74, 6) is 0. The van der Waals surface area contributed by atoms with Crippen LogP contribution in [-0.4, -0.2) is 34.3 Å². The highest BCUT2D eigenvalue weighted by atomic mass is 35.5. The zero-order valence-electron chi connectivity index (χ0n) is 16.1. The lowest BCUT2D eigenvalue weighted by Crippen LogP contribution is -2.31. The van der Waals surface area contributed by atoms with Gasteiger partial charge in [0.15, 0.2) is 0 Å². The van der Waals surface area contributed by atoms with E-state index in [4.69, 9.17) is 22.4 Å². The van der Waals surface area contributed by atoms with Gasteiger partial charge in [0.1, 0.15) is 0 Å². The van der Waals surface area contributed by atoms with Gasteiger partial charge in [0.2, 0.25) is 0 Å². The molecule has 0 aliphatic carbocycles. The molecule has 0 spiro atoms. The largest absolute Gasteiger partial charge is 0.330 e. The third-order valence-corrected chi connectivity index (χ3v) is 5.46. The minimum absolute atomic E-state index is 0. The summed E-state index contributed by atoms with van der Waals surface area (Å²) in [5.41, 5.74) is 9.34. The molecule has 1 fully saturated rings. The summed E-state index contributed by atoms with van der Waals surface area (Å²) in [6.07, 6.45) is 3.33. The van der Waals surface area contributed by atoms with Gasteiger partial charge in [-0.25, -0.2) is 0 Å². The van der Waals surface area contributed by atoms with Gasteiger partial charge in [0, 0.05) is 30.4 Å². The molecular weight excluding hydrogens is 367 g/mol. The summed E-state index contributed by atoms with van der Waals surface area (Å²) in [6.45, 7) is 12.5. The molecule has 1 aromatic carbocycles. The second-order valence-corrected chi connectivity index (χ2v) is 8.98. The SMILES string of the molecule is CC1(CN)CCN(Cc2cn(C(C)(C)C)nc2-c2ccccc2Cl)C1.Cl. The molecule has 1 atom stereocenters. The lowest BCUT2D eigenvalue weighted by atomic mass is 9.90. The molecule has 1 unspecified atom stereocenters. The van der Waals surface area contributed by atoms with Crippen LogP contribution >= 0.6 is 24.0 Å². The normalized spacial score (nSPS) is 21.0. The Morgan fingerprint density at radius 1 is 1.27 bits per heavy atom. The Bertz CT molecular complexity index is 751. The Labute approximate surface area is 168 Å². The van der Waals surface area contributed by atoms with Crippen LogP contribution in [0.1, 0.15) is 39.7 Å². The summed E-state index contributed by atoms with van der Waals surface area (Å²) in [7, 11) is 0. The molecular formula is C20H30Cl2N4. The van der Waals surface area contributed by atoms with Crippen LogP contribution in [0, 0.1) is 5.41 Å². The highest BCUT2D eigenvalue weighted by Gasteiger charge is 2.33. The Hall–Kier alpha value is -1.07. The first-order chi connectivity index (χ1) is 11.7. The number of halogens is 2. The van der Waals surface area contributed by atoms with Crippen LogP contribution in [0.2, 0.25) is 5.02 Å². The van der Waals surface area contributed by atoms with Crippen LogP contribution in [-0.2, 0) is 12.1 Å². The summed E-state index contributed by atoms with van der Waals surface area (Å²) < 4.78 is 2.05. The lowest BCUT2D eigenvalue weighted by molar-refractivity contribution is 0.274. The van der Waals surface area contributed by atoms with E-state index in [0.29, 0.717) is 0 Å². The van der Waals surface area contributed by atoms with E-state index in [-0.39, 0.29) is 23.4 Å². The lowest BCUT2D eigenvalue weighted by Gasteiger charge is -2.22. The third-order valence-electron chi connectivity index (χ3n) is 5.13. The summed E-state index contributed by atoms with van der Waals surface area (Å²) in [6, 6.07) is 7.95. The molecule has 1 saturated heterocycles. The van der Waals surface area contributed by atoms with Gasteiger partial charge >= 0.3 is 0 Å². The van der Waals surface area contributed by atoms with Gasteiger partial charge in [-0.3, -0.25) is 9.58 Å². The average molecular weight is 397 g/mol. The predicted molar refractivity (Wildman–Crippen MR) is 112 cm³/mol. The van der Waals surface area contributed by atoms with E-state index in [2.05, 4.69) is 49.5 Å². The van der Waals surface area contributed by atoms with Gasteiger partial charge in [0.25, 0.3) is 0 Å². The first-order valence-corrected chi connectivity index (χ1v) is 9.36. The van der Waals surface area contributed by atoms with Crippen molar-refractivity contribution in [2.24, 2.45) is 11.1 Å². The molecule has 6 heteroatoms. The van der Waals surface area contributed by atoms with E-state index < -0.39 is 0 Å². The molecule has 2 N–H and O–H groups in total. The Kier molecular flexibility index (Phi) is 6.44. The van der Waals surface area contributed by atoms with Crippen LogP contribution < -0.4 is 5.73 Å². The number of likely N-dealkylation sites (tertiary alicyclic amines) is 1. The number of benzene rings is 1. The maximum atomic E-state index is 6.46. The number of nitrogens with zero attached hydrogens (tertiary/aromatic N) is 3. The Balaban J connectivity index is 0.00000243. The van der Waals surface area contributed by atoms with Crippen LogP contribution in [0.4, 0.5) is 0 Å². The van der Waals surface area contributed by atoms with Crippen molar-refractivity contribution in [3.8, 4) is 11.3 Å². The van der Waals surface area contributed by atoms with Crippen molar-refractivity contribution in [3.63, 3.8) is 0 Å². The van der Waals surface area contributed by atoms with Gasteiger partial charge in [-0.2, -0.15) is 5.10 Å². The minimum Gasteiger partial charge on any atom is -0.330 e. The van der Waals surface area contributed by atoms with Gasteiger partial charge in [-0.15, -0.1) is 12.4 Å². The fraction of sp³-hybridized carbons (Fsp3) is 0.550. The molecule has 3 rings (SSSR count). The molecule has 0 amide bonds. The van der Waals surface area contributed by atoms with E-state index in [1.807, 2.05) is 18.2 Å². The van der Waals surface area contributed by atoms with Gasteiger partial charge < -0.3 is 5.73 Å². The first-order valence-electron chi connectivity index (χ1n) is 8.98. The molecule has 0 saturated carbocycles. The average Bonchev–Trinajstić information content (AvgIpc) is 3.13. The number of hydrogen-bond acceptors (Lipinski definition) is 3. The van der Waals surface area contributed by atoms with Crippen molar-refractivity contribution in [1.29, 1.82) is 0 Å². The summed E-state index contributed by atoms with van der Waals surface area (Å²) in [4.78, 5) is 2.48. The van der Waals surface area contributed by atoms with E-state index in [9.17, 15) is 0 Å². The monoisotopic (exact) mass is 396 g/mol. The minimum atomic E-state index is -0.0644. The van der Waals surface area contributed by atoms with Crippen LogP contribution in [0.3, 0.4) is 0 Å². The van der Waals surface area contributed by atoms with E-state index >= 15 is 0 Å².